The second-order valence-electron chi connectivity index (χ2n) is 27.1. The molecule has 17 nitrogen and oxygen atoms in total. The standard InChI is InChI=1S/C73H142O17P2/c1-7-10-12-14-16-17-18-19-20-23-26-32-38-44-50-56-71(76)84-62-69(90-72(77)57-51-45-39-33-27-24-21-22-25-30-36-41-47-53-65(4)5)64-88-92(81,82)86-60-67(74)59-85-91(79,80)87-63-68(61-83-70(75)55-49-43-35-15-13-11-8-2)89-73(78)58-52-46-40-34-29-28-31-37-42-48-54-66(6)9-3/h65-69,74H,7-64H2,1-6H3,(H,79,80)(H,81,82)/t66?,67-,68+,69+/m0/s1. The molecule has 0 saturated heterocycles. The van der Waals surface area contributed by atoms with Crippen molar-refractivity contribution in [1.29, 1.82) is 0 Å². The van der Waals surface area contributed by atoms with Gasteiger partial charge in [-0.1, -0.05) is 324 Å². The number of unbranched alkanes of at least 4 members (excludes halogenated alkanes) is 41. The van der Waals surface area contributed by atoms with Crippen LogP contribution in [-0.4, -0.2) is 96.7 Å². The minimum absolute atomic E-state index is 0.106. The Balaban J connectivity index is 5.21. The zero-order chi connectivity index (χ0) is 67.9. The molecule has 6 atom stereocenters. The highest BCUT2D eigenvalue weighted by molar-refractivity contribution is 7.47. The van der Waals surface area contributed by atoms with E-state index < -0.39 is 97.5 Å². The Kier molecular flexibility index (Phi) is 63.7. The average Bonchev–Trinajstić information content (AvgIpc) is 3.28. The lowest BCUT2D eigenvalue weighted by Crippen LogP contribution is -2.30. The van der Waals surface area contributed by atoms with Crippen LogP contribution < -0.4 is 0 Å². The Morgan fingerprint density at radius 2 is 0.554 bits per heavy atom. The number of phosphoric ester groups is 2. The average molecular weight is 1350 g/mol. The van der Waals surface area contributed by atoms with Crippen LogP contribution in [0.5, 0.6) is 0 Å². The lowest BCUT2D eigenvalue weighted by molar-refractivity contribution is -0.161. The van der Waals surface area contributed by atoms with Crippen molar-refractivity contribution in [2.75, 3.05) is 39.6 Å². The van der Waals surface area contributed by atoms with Crippen molar-refractivity contribution in [2.24, 2.45) is 11.8 Å². The highest BCUT2D eigenvalue weighted by Gasteiger charge is 2.30. The molecule has 0 aliphatic rings. The monoisotopic (exact) mass is 1350 g/mol. The van der Waals surface area contributed by atoms with Crippen molar-refractivity contribution in [1.82, 2.24) is 0 Å². The van der Waals surface area contributed by atoms with Crippen LogP contribution in [0.4, 0.5) is 0 Å². The Labute approximate surface area is 562 Å². The Bertz CT molecular complexity index is 1790. The normalized spacial score (nSPS) is 14.4. The van der Waals surface area contributed by atoms with Crippen molar-refractivity contribution in [3.8, 4) is 0 Å². The fourth-order valence-electron chi connectivity index (χ4n) is 11.1. The quantitative estimate of drug-likeness (QED) is 0.0222. The third kappa shape index (κ3) is 65.4. The number of phosphoric acid groups is 2. The van der Waals surface area contributed by atoms with Gasteiger partial charge in [0.15, 0.2) is 12.2 Å². The molecule has 0 aromatic carbocycles. The summed E-state index contributed by atoms with van der Waals surface area (Å²) < 4.78 is 68.3. The van der Waals surface area contributed by atoms with Crippen LogP contribution in [0.2, 0.25) is 0 Å². The maximum atomic E-state index is 13.1. The molecule has 0 aromatic rings. The van der Waals surface area contributed by atoms with Crippen LogP contribution in [-0.2, 0) is 65.4 Å². The fraction of sp³-hybridized carbons (Fsp3) is 0.945. The molecule has 0 spiro atoms. The topological polar surface area (TPSA) is 237 Å². The van der Waals surface area contributed by atoms with Gasteiger partial charge in [-0.25, -0.2) is 9.13 Å². The number of aliphatic hydroxyl groups is 1. The lowest BCUT2D eigenvalue weighted by atomic mass is 9.99. The van der Waals surface area contributed by atoms with E-state index in [9.17, 15) is 43.2 Å². The van der Waals surface area contributed by atoms with Gasteiger partial charge in [0.25, 0.3) is 0 Å². The number of rotatable bonds is 72. The Hall–Kier alpha value is -1.94. The first-order valence-electron chi connectivity index (χ1n) is 38.0. The van der Waals surface area contributed by atoms with Gasteiger partial charge in [-0.3, -0.25) is 37.3 Å². The largest absolute Gasteiger partial charge is 0.472 e. The first kappa shape index (κ1) is 90.1. The molecule has 0 amide bonds. The van der Waals surface area contributed by atoms with Gasteiger partial charge >= 0.3 is 39.5 Å². The molecule has 0 aromatic heterocycles. The van der Waals surface area contributed by atoms with E-state index in [0.717, 1.165) is 115 Å². The lowest BCUT2D eigenvalue weighted by Gasteiger charge is -2.21. The van der Waals surface area contributed by atoms with Crippen LogP contribution in [0, 0.1) is 11.8 Å². The second-order valence-corrected chi connectivity index (χ2v) is 30.0. The number of aliphatic hydroxyl groups excluding tert-OH is 1. The van der Waals surface area contributed by atoms with E-state index in [1.165, 1.54) is 180 Å². The van der Waals surface area contributed by atoms with E-state index in [0.29, 0.717) is 25.7 Å². The third-order valence-electron chi connectivity index (χ3n) is 17.3. The molecule has 0 radical (unpaired) electrons. The van der Waals surface area contributed by atoms with Crippen molar-refractivity contribution in [3.63, 3.8) is 0 Å². The summed E-state index contributed by atoms with van der Waals surface area (Å²) in [6.45, 7) is 9.58. The molecule has 0 rings (SSSR count). The summed E-state index contributed by atoms with van der Waals surface area (Å²) in [5.74, 6) is -0.533. The van der Waals surface area contributed by atoms with Gasteiger partial charge in [0, 0.05) is 25.7 Å². The summed E-state index contributed by atoms with van der Waals surface area (Å²) >= 11 is 0. The number of hydrogen-bond donors (Lipinski definition) is 3. The van der Waals surface area contributed by atoms with E-state index in [2.05, 4.69) is 41.5 Å². The van der Waals surface area contributed by atoms with Crippen molar-refractivity contribution >= 4 is 39.5 Å². The van der Waals surface area contributed by atoms with Crippen molar-refractivity contribution in [2.45, 2.75) is 394 Å². The van der Waals surface area contributed by atoms with Crippen LogP contribution in [0.15, 0.2) is 0 Å². The highest BCUT2D eigenvalue weighted by Crippen LogP contribution is 2.45. The number of carbonyl (C=O) groups excluding carboxylic acids is 4. The molecule has 92 heavy (non-hydrogen) atoms. The van der Waals surface area contributed by atoms with E-state index in [-0.39, 0.29) is 25.7 Å². The van der Waals surface area contributed by atoms with Crippen LogP contribution in [0.3, 0.4) is 0 Å². The maximum absolute atomic E-state index is 13.1. The first-order valence-corrected chi connectivity index (χ1v) is 41.0. The van der Waals surface area contributed by atoms with E-state index >= 15 is 0 Å². The molecule has 0 fully saturated rings. The zero-order valence-electron chi connectivity index (χ0n) is 59.9. The molecule has 546 valence electrons. The molecule has 0 heterocycles. The molecule has 19 heteroatoms. The molecule has 0 aliphatic heterocycles. The summed E-state index contributed by atoms with van der Waals surface area (Å²) in [7, 11) is -9.90. The van der Waals surface area contributed by atoms with Gasteiger partial charge in [0.1, 0.15) is 19.3 Å². The van der Waals surface area contributed by atoms with E-state index in [4.69, 9.17) is 37.0 Å². The molecule has 0 aliphatic carbocycles. The van der Waals surface area contributed by atoms with E-state index in [1.54, 1.807) is 0 Å². The van der Waals surface area contributed by atoms with Gasteiger partial charge in [0.2, 0.25) is 0 Å². The third-order valence-corrected chi connectivity index (χ3v) is 19.2. The SMILES string of the molecule is CCCCCCCCCCCCCCCCCC(=O)OC[C@H](COP(=O)(O)OC[C@@H](O)COP(=O)(O)OC[C@@H](COC(=O)CCCCCCCCC)OC(=O)CCCCCCCCCCCCC(C)CC)OC(=O)CCCCCCCCCCCCCCCC(C)C. The van der Waals surface area contributed by atoms with Gasteiger partial charge < -0.3 is 33.8 Å². The van der Waals surface area contributed by atoms with Crippen molar-refractivity contribution < 1.29 is 80.2 Å². The Morgan fingerprint density at radius 3 is 0.826 bits per heavy atom. The predicted molar refractivity (Wildman–Crippen MR) is 372 cm³/mol. The Morgan fingerprint density at radius 1 is 0.315 bits per heavy atom. The fourth-order valence-corrected chi connectivity index (χ4v) is 12.7. The summed E-state index contributed by atoms with van der Waals surface area (Å²) in [6, 6.07) is 0. The minimum atomic E-state index is -4.95. The maximum Gasteiger partial charge on any atom is 0.472 e. The summed E-state index contributed by atoms with van der Waals surface area (Å²) in [6.07, 6.45) is 51.3. The zero-order valence-corrected chi connectivity index (χ0v) is 61.6. The highest BCUT2D eigenvalue weighted by atomic mass is 31.2. The van der Waals surface area contributed by atoms with Gasteiger partial charge in [-0.15, -0.1) is 0 Å². The predicted octanol–water partition coefficient (Wildman–Crippen LogP) is 21.2. The number of esters is 4. The van der Waals surface area contributed by atoms with Crippen LogP contribution >= 0.6 is 15.6 Å². The molecular weight excluding hydrogens is 1210 g/mol. The summed E-state index contributed by atoms with van der Waals surface area (Å²) in [4.78, 5) is 72.6. The van der Waals surface area contributed by atoms with Crippen LogP contribution in [0.1, 0.15) is 375 Å². The summed E-state index contributed by atoms with van der Waals surface area (Å²) in [5, 5.41) is 10.6. The minimum Gasteiger partial charge on any atom is -0.462 e. The van der Waals surface area contributed by atoms with Gasteiger partial charge in [0.05, 0.1) is 26.4 Å². The molecule has 0 bridgehead atoms. The smallest absolute Gasteiger partial charge is 0.462 e. The second kappa shape index (κ2) is 65.0. The summed E-state index contributed by atoms with van der Waals surface area (Å²) in [5.41, 5.74) is 0. The van der Waals surface area contributed by atoms with Crippen LogP contribution in [0.25, 0.3) is 0 Å². The number of carbonyl (C=O) groups is 4. The van der Waals surface area contributed by atoms with E-state index in [1.807, 2.05) is 0 Å². The molecular formula is C73H142O17P2. The molecule has 3 unspecified atom stereocenters. The number of ether oxygens (including phenoxy) is 4. The first-order chi connectivity index (χ1) is 44.4. The molecule has 3 N–H and O–H groups in total. The van der Waals surface area contributed by atoms with Gasteiger partial charge in [-0.2, -0.15) is 0 Å². The molecule has 0 saturated carbocycles. The van der Waals surface area contributed by atoms with Gasteiger partial charge in [-0.05, 0) is 37.5 Å². The number of hydrogen-bond acceptors (Lipinski definition) is 15. The van der Waals surface area contributed by atoms with Crippen molar-refractivity contribution in [3.05, 3.63) is 0 Å².